The van der Waals surface area contributed by atoms with E-state index in [1.807, 2.05) is 6.07 Å². The van der Waals surface area contributed by atoms with Crippen LogP contribution in [0.2, 0.25) is 0 Å². The Morgan fingerprint density at radius 2 is 1.60 bits per heavy atom. The fourth-order valence-corrected chi connectivity index (χ4v) is 3.09. The molecule has 5 nitrogen and oxygen atoms in total. The Morgan fingerprint density at radius 3 is 2.24 bits per heavy atom. The van der Waals surface area contributed by atoms with E-state index in [2.05, 4.69) is 58.7 Å². The predicted molar refractivity (Wildman–Crippen MR) is 100 cm³/mol. The van der Waals surface area contributed by atoms with Gasteiger partial charge in [-0.05, 0) is 36.2 Å². The van der Waals surface area contributed by atoms with Crippen molar-refractivity contribution < 1.29 is 9.90 Å². The highest BCUT2D eigenvalue weighted by molar-refractivity contribution is 5.65. The summed E-state index contributed by atoms with van der Waals surface area (Å²) in [6, 6.07) is 19.0. The summed E-state index contributed by atoms with van der Waals surface area (Å²) in [7, 11) is 0. The fourth-order valence-electron chi connectivity index (χ4n) is 3.09. The monoisotopic (exact) mass is 339 g/mol. The summed E-state index contributed by atoms with van der Waals surface area (Å²) < 4.78 is 0. The van der Waals surface area contributed by atoms with Crippen LogP contribution in [-0.4, -0.2) is 48.8 Å². The summed E-state index contributed by atoms with van der Waals surface area (Å²) in [5.74, 6) is 0. The van der Waals surface area contributed by atoms with Gasteiger partial charge in [0.2, 0.25) is 0 Å². The zero-order valence-corrected chi connectivity index (χ0v) is 14.4. The molecular weight excluding hydrogens is 314 g/mol. The number of benzene rings is 2. The minimum atomic E-state index is -0.823. The molecule has 0 saturated carbocycles. The first-order valence-corrected chi connectivity index (χ1v) is 8.79. The molecule has 1 fully saturated rings. The highest BCUT2D eigenvalue weighted by Crippen LogP contribution is 2.17. The lowest BCUT2D eigenvalue weighted by Gasteiger charge is -2.34. The number of hydrogen-bond acceptors (Lipinski definition) is 3. The van der Waals surface area contributed by atoms with Gasteiger partial charge in [0.1, 0.15) is 0 Å². The molecule has 25 heavy (non-hydrogen) atoms. The number of anilines is 1. The van der Waals surface area contributed by atoms with Crippen LogP contribution in [0.3, 0.4) is 0 Å². The average molecular weight is 339 g/mol. The number of hydrogen-bond donors (Lipinski definition) is 2. The van der Waals surface area contributed by atoms with Crippen molar-refractivity contribution in [3.63, 3.8) is 0 Å². The number of carbonyl (C=O) groups is 1. The summed E-state index contributed by atoms with van der Waals surface area (Å²) in [4.78, 5) is 14.7. The quantitative estimate of drug-likeness (QED) is 0.795. The van der Waals surface area contributed by atoms with Crippen LogP contribution in [0, 0.1) is 0 Å². The Labute approximate surface area is 148 Å². The number of amides is 1. The minimum Gasteiger partial charge on any atom is -0.465 e. The maximum atomic E-state index is 11.0. The van der Waals surface area contributed by atoms with E-state index in [1.54, 1.807) is 0 Å². The highest BCUT2D eigenvalue weighted by Gasteiger charge is 2.20. The molecule has 0 atom stereocenters. The molecule has 5 heteroatoms. The minimum absolute atomic E-state index is 0.568. The standard InChI is InChI=1S/C20H25N3O2/c24-20(25)23-14-12-22(13-15-23)19-8-6-18(7-9-19)16-21-11-10-17-4-2-1-3-5-17/h1-9,21H,10-16H2,(H,24,25). The summed E-state index contributed by atoms with van der Waals surface area (Å²) >= 11 is 0. The third-order valence-electron chi connectivity index (χ3n) is 4.61. The molecule has 0 radical (unpaired) electrons. The van der Waals surface area contributed by atoms with Crippen LogP contribution in [0.15, 0.2) is 54.6 Å². The lowest BCUT2D eigenvalue weighted by Crippen LogP contribution is -2.48. The van der Waals surface area contributed by atoms with E-state index in [0.29, 0.717) is 13.1 Å². The van der Waals surface area contributed by atoms with Crippen LogP contribution >= 0.6 is 0 Å². The van der Waals surface area contributed by atoms with Crippen molar-refractivity contribution in [3.05, 3.63) is 65.7 Å². The SMILES string of the molecule is O=C(O)N1CCN(c2ccc(CNCCc3ccccc3)cc2)CC1. The summed E-state index contributed by atoms with van der Waals surface area (Å²) in [6.45, 7) is 4.46. The van der Waals surface area contributed by atoms with Crippen molar-refractivity contribution in [2.24, 2.45) is 0 Å². The molecule has 2 N–H and O–H groups in total. The molecular formula is C20H25N3O2. The van der Waals surface area contributed by atoms with Crippen molar-refractivity contribution in [2.45, 2.75) is 13.0 Å². The van der Waals surface area contributed by atoms with Crippen LogP contribution in [0.5, 0.6) is 0 Å². The van der Waals surface area contributed by atoms with E-state index in [9.17, 15) is 4.79 Å². The Hall–Kier alpha value is -2.53. The molecule has 1 heterocycles. The average Bonchev–Trinajstić information content (AvgIpc) is 2.67. The van der Waals surface area contributed by atoms with Gasteiger partial charge in [0.25, 0.3) is 0 Å². The highest BCUT2D eigenvalue weighted by atomic mass is 16.4. The number of carboxylic acid groups (broad SMARTS) is 1. The first-order chi connectivity index (χ1) is 12.2. The van der Waals surface area contributed by atoms with Gasteiger partial charge in [-0.3, -0.25) is 0 Å². The maximum Gasteiger partial charge on any atom is 0.407 e. The van der Waals surface area contributed by atoms with Gasteiger partial charge in [-0.15, -0.1) is 0 Å². The fraction of sp³-hybridized carbons (Fsp3) is 0.350. The molecule has 0 bridgehead atoms. The van der Waals surface area contributed by atoms with Gasteiger partial charge in [0.15, 0.2) is 0 Å². The van der Waals surface area contributed by atoms with E-state index in [4.69, 9.17) is 5.11 Å². The maximum absolute atomic E-state index is 11.0. The molecule has 2 aromatic rings. The third-order valence-corrected chi connectivity index (χ3v) is 4.61. The van der Waals surface area contributed by atoms with Crippen molar-refractivity contribution in [1.82, 2.24) is 10.2 Å². The number of rotatable bonds is 6. The predicted octanol–water partition coefficient (Wildman–Crippen LogP) is 2.82. The van der Waals surface area contributed by atoms with E-state index in [1.165, 1.54) is 16.0 Å². The van der Waals surface area contributed by atoms with Gasteiger partial charge in [-0.2, -0.15) is 0 Å². The Morgan fingerprint density at radius 1 is 0.920 bits per heavy atom. The zero-order chi connectivity index (χ0) is 17.5. The second-order valence-electron chi connectivity index (χ2n) is 6.34. The van der Waals surface area contributed by atoms with Gasteiger partial charge in [-0.1, -0.05) is 42.5 Å². The van der Waals surface area contributed by atoms with Gasteiger partial charge >= 0.3 is 6.09 Å². The molecule has 0 aliphatic carbocycles. The number of nitrogens with zero attached hydrogens (tertiary/aromatic N) is 2. The molecule has 1 aliphatic heterocycles. The molecule has 132 valence electrons. The van der Waals surface area contributed by atoms with Crippen molar-refractivity contribution in [3.8, 4) is 0 Å². The molecule has 0 aromatic heterocycles. The van der Waals surface area contributed by atoms with Crippen molar-refractivity contribution >= 4 is 11.8 Å². The summed E-state index contributed by atoms with van der Waals surface area (Å²) in [5.41, 5.74) is 3.78. The smallest absolute Gasteiger partial charge is 0.407 e. The van der Waals surface area contributed by atoms with Gasteiger partial charge in [0, 0.05) is 38.4 Å². The molecule has 0 unspecified atom stereocenters. The molecule has 2 aromatic carbocycles. The summed E-state index contributed by atoms with van der Waals surface area (Å²) in [5, 5.41) is 12.5. The summed E-state index contributed by atoms with van der Waals surface area (Å²) in [6.07, 6.45) is 0.212. The molecule has 3 rings (SSSR count). The van der Waals surface area contributed by atoms with Crippen LogP contribution in [0.25, 0.3) is 0 Å². The second kappa shape index (κ2) is 8.53. The van der Waals surface area contributed by atoms with Crippen molar-refractivity contribution in [2.75, 3.05) is 37.6 Å². The van der Waals surface area contributed by atoms with E-state index < -0.39 is 6.09 Å². The topological polar surface area (TPSA) is 55.8 Å². The second-order valence-corrected chi connectivity index (χ2v) is 6.34. The van der Waals surface area contributed by atoms with Gasteiger partial charge in [0.05, 0.1) is 0 Å². The lowest BCUT2D eigenvalue weighted by atomic mass is 10.1. The van der Waals surface area contributed by atoms with Crippen LogP contribution in [0.1, 0.15) is 11.1 Å². The van der Waals surface area contributed by atoms with Gasteiger partial charge < -0.3 is 20.2 Å². The largest absolute Gasteiger partial charge is 0.465 e. The van der Waals surface area contributed by atoms with E-state index in [-0.39, 0.29) is 0 Å². The third kappa shape index (κ3) is 4.97. The Bertz CT molecular complexity index is 665. The molecule has 1 amide bonds. The van der Waals surface area contributed by atoms with Crippen LogP contribution in [-0.2, 0) is 13.0 Å². The van der Waals surface area contributed by atoms with Crippen molar-refractivity contribution in [1.29, 1.82) is 0 Å². The zero-order valence-electron chi connectivity index (χ0n) is 14.4. The van der Waals surface area contributed by atoms with E-state index >= 15 is 0 Å². The molecule has 0 spiro atoms. The Balaban J connectivity index is 1.42. The Kier molecular flexibility index (Phi) is 5.90. The first-order valence-electron chi connectivity index (χ1n) is 8.79. The molecule has 1 saturated heterocycles. The normalized spacial score (nSPS) is 14.6. The lowest BCUT2D eigenvalue weighted by molar-refractivity contribution is 0.142. The number of nitrogens with one attached hydrogen (secondary N) is 1. The van der Waals surface area contributed by atoms with Crippen LogP contribution in [0.4, 0.5) is 10.5 Å². The van der Waals surface area contributed by atoms with Crippen LogP contribution < -0.4 is 10.2 Å². The van der Waals surface area contributed by atoms with Gasteiger partial charge in [-0.25, -0.2) is 4.79 Å². The van der Waals surface area contributed by atoms with E-state index in [0.717, 1.165) is 38.3 Å². The first kappa shape index (κ1) is 17.3. The molecule has 1 aliphatic rings. The number of piperazine rings is 1.